The Labute approximate surface area is 165 Å². The first-order chi connectivity index (χ1) is 13.6. The molecule has 3 aromatic heterocycles. The van der Waals surface area contributed by atoms with Crippen molar-refractivity contribution < 1.29 is 9.32 Å². The van der Waals surface area contributed by atoms with Crippen LogP contribution in [0.3, 0.4) is 0 Å². The number of pyridine rings is 1. The number of rotatable bonds is 5. The predicted octanol–water partition coefficient (Wildman–Crippen LogP) is 3.97. The zero-order valence-corrected chi connectivity index (χ0v) is 16.2. The van der Waals surface area contributed by atoms with Crippen molar-refractivity contribution in [2.75, 3.05) is 12.4 Å². The molecule has 0 saturated heterocycles. The van der Waals surface area contributed by atoms with Crippen LogP contribution >= 0.6 is 11.3 Å². The Morgan fingerprint density at radius 1 is 1.29 bits per heavy atom. The molecular weight excluding hydrogens is 376 g/mol. The third-order valence-corrected chi connectivity index (χ3v) is 5.12. The van der Waals surface area contributed by atoms with Crippen LogP contribution in [-0.4, -0.2) is 38.1 Å². The first-order valence-corrected chi connectivity index (χ1v) is 9.58. The fourth-order valence-corrected chi connectivity index (χ4v) is 3.55. The van der Waals surface area contributed by atoms with Gasteiger partial charge in [-0.25, -0.2) is 9.78 Å². The number of aromatic nitrogens is 4. The molecule has 0 aliphatic heterocycles. The summed E-state index contributed by atoms with van der Waals surface area (Å²) in [6, 6.07) is 9.47. The Kier molecular flexibility index (Phi) is 4.98. The molecule has 4 aromatic rings. The number of hydrogen-bond donors (Lipinski definition) is 1. The molecule has 142 valence electrons. The van der Waals surface area contributed by atoms with Crippen LogP contribution in [0.5, 0.6) is 0 Å². The lowest BCUT2D eigenvalue weighted by atomic mass is 10.2. The summed E-state index contributed by atoms with van der Waals surface area (Å²) < 4.78 is 6.29. The molecule has 8 nitrogen and oxygen atoms in total. The standard InChI is InChI=1S/C19H18N6O2S/c1-3-12-6-7-14-15(9-12)28-18(21-14)23-19(26)25(2)11-16-22-17(24-27-16)13-5-4-8-20-10-13/h4-10H,3,11H2,1-2H3,(H,21,23,26). The zero-order valence-electron chi connectivity index (χ0n) is 15.4. The van der Waals surface area contributed by atoms with Crippen molar-refractivity contribution in [2.45, 2.75) is 19.9 Å². The average molecular weight is 394 g/mol. The molecule has 0 unspecified atom stereocenters. The molecule has 0 atom stereocenters. The molecule has 9 heteroatoms. The summed E-state index contributed by atoms with van der Waals surface area (Å²) in [7, 11) is 1.66. The fourth-order valence-electron chi connectivity index (χ4n) is 2.64. The van der Waals surface area contributed by atoms with Crippen LogP contribution in [0.25, 0.3) is 21.6 Å². The number of benzene rings is 1. The summed E-state index contributed by atoms with van der Waals surface area (Å²) in [5, 5.41) is 7.31. The summed E-state index contributed by atoms with van der Waals surface area (Å²) >= 11 is 1.45. The van der Waals surface area contributed by atoms with Gasteiger partial charge in [0, 0.05) is 25.0 Å². The lowest BCUT2D eigenvalue weighted by molar-refractivity contribution is 0.213. The quantitative estimate of drug-likeness (QED) is 0.550. The van der Waals surface area contributed by atoms with E-state index in [9.17, 15) is 4.79 Å². The van der Waals surface area contributed by atoms with E-state index in [0.29, 0.717) is 16.8 Å². The van der Waals surface area contributed by atoms with E-state index in [1.807, 2.05) is 12.1 Å². The maximum absolute atomic E-state index is 12.5. The van der Waals surface area contributed by atoms with Gasteiger partial charge in [0.15, 0.2) is 5.13 Å². The lowest BCUT2D eigenvalue weighted by Gasteiger charge is -2.14. The molecule has 2 amide bonds. The van der Waals surface area contributed by atoms with Crippen molar-refractivity contribution in [2.24, 2.45) is 0 Å². The second kappa shape index (κ2) is 7.73. The van der Waals surface area contributed by atoms with E-state index in [-0.39, 0.29) is 12.6 Å². The lowest BCUT2D eigenvalue weighted by Crippen LogP contribution is -2.30. The van der Waals surface area contributed by atoms with E-state index in [0.717, 1.165) is 22.2 Å². The minimum Gasteiger partial charge on any atom is -0.337 e. The van der Waals surface area contributed by atoms with Crippen LogP contribution < -0.4 is 5.32 Å². The molecule has 0 aliphatic rings. The molecule has 28 heavy (non-hydrogen) atoms. The maximum Gasteiger partial charge on any atom is 0.323 e. The number of carbonyl (C=O) groups excluding carboxylic acids is 1. The van der Waals surface area contributed by atoms with Crippen molar-refractivity contribution in [3.63, 3.8) is 0 Å². The highest BCUT2D eigenvalue weighted by Gasteiger charge is 2.16. The third kappa shape index (κ3) is 3.84. The van der Waals surface area contributed by atoms with Gasteiger partial charge in [0.05, 0.1) is 10.2 Å². The SMILES string of the molecule is CCc1ccc2nc(NC(=O)N(C)Cc3nc(-c4cccnc4)no3)sc2c1. The summed E-state index contributed by atoms with van der Waals surface area (Å²) in [5.41, 5.74) is 2.87. The summed E-state index contributed by atoms with van der Waals surface area (Å²) in [6.07, 6.45) is 4.29. The number of thiazole rings is 1. The van der Waals surface area contributed by atoms with Crippen LogP contribution in [0.1, 0.15) is 18.4 Å². The Balaban J connectivity index is 1.42. The Morgan fingerprint density at radius 3 is 2.96 bits per heavy atom. The average Bonchev–Trinajstić information content (AvgIpc) is 3.34. The van der Waals surface area contributed by atoms with Crippen molar-refractivity contribution in [3.05, 3.63) is 54.2 Å². The van der Waals surface area contributed by atoms with Gasteiger partial charge in [-0.2, -0.15) is 4.98 Å². The number of amides is 2. The van der Waals surface area contributed by atoms with Gasteiger partial charge in [0.2, 0.25) is 11.7 Å². The Hall–Kier alpha value is -3.33. The third-order valence-electron chi connectivity index (χ3n) is 4.18. The van der Waals surface area contributed by atoms with Crippen LogP contribution in [0.2, 0.25) is 0 Å². The molecule has 0 spiro atoms. The van der Waals surface area contributed by atoms with E-state index in [1.54, 1.807) is 25.5 Å². The summed E-state index contributed by atoms with van der Waals surface area (Å²) in [6.45, 7) is 2.29. The number of nitrogens with one attached hydrogen (secondary N) is 1. The zero-order chi connectivity index (χ0) is 19.5. The van der Waals surface area contributed by atoms with E-state index >= 15 is 0 Å². The molecule has 4 rings (SSSR count). The molecule has 0 saturated carbocycles. The number of hydrogen-bond acceptors (Lipinski definition) is 7. The number of anilines is 1. The topological polar surface area (TPSA) is 97.0 Å². The number of urea groups is 1. The highest BCUT2D eigenvalue weighted by Crippen LogP contribution is 2.27. The van der Waals surface area contributed by atoms with Gasteiger partial charge in [-0.1, -0.05) is 29.5 Å². The number of aryl methyl sites for hydroxylation is 1. The van der Waals surface area contributed by atoms with Crippen molar-refractivity contribution >= 4 is 32.7 Å². The Bertz CT molecular complexity index is 1110. The van der Waals surface area contributed by atoms with Crippen molar-refractivity contribution in [1.82, 2.24) is 25.0 Å². The van der Waals surface area contributed by atoms with E-state index in [2.05, 4.69) is 44.5 Å². The second-order valence-electron chi connectivity index (χ2n) is 6.21. The molecule has 0 fully saturated rings. The summed E-state index contributed by atoms with van der Waals surface area (Å²) in [4.78, 5) is 26.7. The molecule has 0 radical (unpaired) electrons. The van der Waals surface area contributed by atoms with Crippen LogP contribution in [0.15, 0.2) is 47.2 Å². The van der Waals surface area contributed by atoms with Gasteiger partial charge in [-0.15, -0.1) is 0 Å². The highest BCUT2D eigenvalue weighted by atomic mass is 32.1. The highest BCUT2D eigenvalue weighted by molar-refractivity contribution is 7.22. The van der Waals surface area contributed by atoms with Gasteiger partial charge < -0.3 is 9.42 Å². The van der Waals surface area contributed by atoms with Crippen LogP contribution in [0, 0.1) is 0 Å². The van der Waals surface area contributed by atoms with E-state index in [4.69, 9.17) is 4.52 Å². The smallest absolute Gasteiger partial charge is 0.323 e. The van der Waals surface area contributed by atoms with Crippen LogP contribution in [-0.2, 0) is 13.0 Å². The first kappa shape index (κ1) is 18.1. The first-order valence-electron chi connectivity index (χ1n) is 8.77. The van der Waals surface area contributed by atoms with Gasteiger partial charge in [-0.3, -0.25) is 10.3 Å². The van der Waals surface area contributed by atoms with Crippen LogP contribution in [0.4, 0.5) is 9.93 Å². The normalized spacial score (nSPS) is 10.9. The number of nitrogens with zero attached hydrogens (tertiary/aromatic N) is 5. The molecule has 0 bridgehead atoms. The fraction of sp³-hybridized carbons (Fsp3) is 0.211. The maximum atomic E-state index is 12.5. The largest absolute Gasteiger partial charge is 0.337 e. The monoisotopic (exact) mass is 394 g/mol. The van der Waals surface area contributed by atoms with Gasteiger partial charge >= 0.3 is 6.03 Å². The Morgan fingerprint density at radius 2 is 2.18 bits per heavy atom. The predicted molar refractivity (Wildman–Crippen MR) is 107 cm³/mol. The van der Waals surface area contributed by atoms with Gasteiger partial charge in [0.1, 0.15) is 6.54 Å². The summed E-state index contributed by atoms with van der Waals surface area (Å²) in [5.74, 6) is 0.781. The number of fused-ring (bicyclic) bond motifs is 1. The van der Waals surface area contributed by atoms with Gasteiger partial charge in [0.25, 0.3) is 0 Å². The van der Waals surface area contributed by atoms with Gasteiger partial charge in [-0.05, 0) is 36.2 Å². The van der Waals surface area contributed by atoms with E-state index in [1.165, 1.54) is 21.8 Å². The molecule has 0 aliphatic carbocycles. The minimum atomic E-state index is -0.295. The molecule has 1 aromatic carbocycles. The molecule has 3 heterocycles. The minimum absolute atomic E-state index is 0.184. The molecular formula is C19H18N6O2S. The molecule has 1 N–H and O–H groups in total. The second-order valence-corrected chi connectivity index (χ2v) is 7.24. The van der Waals surface area contributed by atoms with Crippen molar-refractivity contribution in [1.29, 1.82) is 0 Å². The van der Waals surface area contributed by atoms with E-state index < -0.39 is 0 Å². The number of carbonyl (C=O) groups is 1. The van der Waals surface area contributed by atoms with Crippen molar-refractivity contribution in [3.8, 4) is 11.4 Å².